The van der Waals surface area contributed by atoms with Gasteiger partial charge in [-0.1, -0.05) is 24.3 Å². The molecule has 2 aromatic rings. The molecule has 8 nitrogen and oxygen atoms in total. The monoisotopic (exact) mass is 341 g/mol. The van der Waals surface area contributed by atoms with Gasteiger partial charge in [0.15, 0.2) is 0 Å². The number of imide groups is 1. The van der Waals surface area contributed by atoms with E-state index < -0.39 is 12.1 Å². The molecule has 1 aliphatic heterocycles. The smallest absolute Gasteiger partial charge is 0.322 e. The first-order valence-electron chi connectivity index (χ1n) is 8.03. The minimum atomic E-state index is -0.629. The number of rotatable bonds is 7. The van der Waals surface area contributed by atoms with Gasteiger partial charge < -0.3 is 10.6 Å². The Labute approximate surface area is 144 Å². The van der Waals surface area contributed by atoms with Crippen molar-refractivity contribution >= 4 is 17.8 Å². The minimum Gasteiger partial charge on any atom is -0.352 e. The molecule has 1 saturated heterocycles. The van der Waals surface area contributed by atoms with E-state index >= 15 is 0 Å². The SMILES string of the molecule is O=C(CC[C@@H]1NC(=O)NC1=O)NCc1cccc(Cn2cccn2)c1. The van der Waals surface area contributed by atoms with Crippen molar-refractivity contribution in [3.8, 4) is 0 Å². The first-order chi connectivity index (χ1) is 12.1. The summed E-state index contributed by atoms with van der Waals surface area (Å²) in [5.74, 6) is -0.546. The topological polar surface area (TPSA) is 105 Å². The molecule has 130 valence electrons. The molecule has 1 aromatic heterocycles. The summed E-state index contributed by atoms with van der Waals surface area (Å²) in [6.07, 6.45) is 4.08. The second kappa shape index (κ2) is 7.61. The standard InChI is InChI=1S/C17H19N5O3/c23-15(6-5-14-16(24)21-17(25)20-14)18-10-12-3-1-4-13(9-12)11-22-8-2-7-19-22/h1-4,7-9,14H,5-6,10-11H2,(H,18,23)(H2,20,21,24,25)/t14-/m0/s1. The maximum Gasteiger partial charge on any atom is 0.322 e. The molecule has 0 bridgehead atoms. The van der Waals surface area contributed by atoms with Gasteiger partial charge in [0, 0.05) is 25.4 Å². The van der Waals surface area contributed by atoms with E-state index in [0.717, 1.165) is 11.1 Å². The van der Waals surface area contributed by atoms with Crippen LogP contribution < -0.4 is 16.0 Å². The van der Waals surface area contributed by atoms with Crippen molar-refractivity contribution in [2.24, 2.45) is 0 Å². The Morgan fingerprint density at radius 1 is 1.24 bits per heavy atom. The second-order valence-corrected chi connectivity index (χ2v) is 5.85. The molecule has 8 heteroatoms. The lowest BCUT2D eigenvalue weighted by Gasteiger charge is -2.09. The number of aromatic nitrogens is 2. The van der Waals surface area contributed by atoms with E-state index in [1.54, 1.807) is 6.20 Å². The molecule has 1 aromatic carbocycles. The molecule has 2 heterocycles. The van der Waals surface area contributed by atoms with Crippen molar-refractivity contribution < 1.29 is 14.4 Å². The normalized spacial score (nSPS) is 16.4. The van der Waals surface area contributed by atoms with Crippen LogP contribution in [0.5, 0.6) is 0 Å². The largest absolute Gasteiger partial charge is 0.352 e. The van der Waals surface area contributed by atoms with E-state index in [9.17, 15) is 14.4 Å². The van der Waals surface area contributed by atoms with Gasteiger partial charge in [-0.3, -0.25) is 19.6 Å². The van der Waals surface area contributed by atoms with Crippen molar-refractivity contribution in [3.05, 3.63) is 53.9 Å². The predicted octanol–water partition coefficient (Wildman–Crippen LogP) is 0.536. The number of urea groups is 1. The van der Waals surface area contributed by atoms with Crippen LogP contribution in [0, 0.1) is 0 Å². The highest BCUT2D eigenvalue weighted by molar-refractivity contribution is 6.04. The average molecular weight is 341 g/mol. The van der Waals surface area contributed by atoms with Crippen LogP contribution in [0.1, 0.15) is 24.0 Å². The molecule has 0 spiro atoms. The Morgan fingerprint density at radius 2 is 2.08 bits per heavy atom. The minimum absolute atomic E-state index is 0.161. The first-order valence-corrected chi connectivity index (χ1v) is 8.03. The Balaban J connectivity index is 1.45. The highest BCUT2D eigenvalue weighted by Crippen LogP contribution is 2.08. The van der Waals surface area contributed by atoms with E-state index in [-0.39, 0.29) is 24.7 Å². The molecule has 3 rings (SSSR count). The van der Waals surface area contributed by atoms with Crippen molar-refractivity contribution in [3.63, 3.8) is 0 Å². The van der Waals surface area contributed by atoms with Crippen LogP contribution in [0.25, 0.3) is 0 Å². The van der Waals surface area contributed by atoms with E-state index in [0.29, 0.717) is 13.1 Å². The molecule has 25 heavy (non-hydrogen) atoms. The molecule has 0 unspecified atom stereocenters. The lowest BCUT2D eigenvalue weighted by molar-refractivity contribution is -0.122. The van der Waals surface area contributed by atoms with Crippen molar-refractivity contribution in [2.45, 2.75) is 32.0 Å². The lowest BCUT2D eigenvalue weighted by atomic mass is 10.1. The highest BCUT2D eigenvalue weighted by Gasteiger charge is 2.29. The fourth-order valence-electron chi connectivity index (χ4n) is 2.65. The predicted molar refractivity (Wildman–Crippen MR) is 89.3 cm³/mol. The van der Waals surface area contributed by atoms with Gasteiger partial charge in [-0.2, -0.15) is 5.10 Å². The van der Waals surface area contributed by atoms with Gasteiger partial charge in [-0.15, -0.1) is 0 Å². The maximum atomic E-state index is 11.9. The fourth-order valence-corrected chi connectivity index (χ4v) is 2.65. The summed E-state index contributed by atoms with van der Waals surface area (Å²) in [7, 11) is 0. The number of hydrogen-bond donors (Lipinski definition) is 3. The summed E-state index contributed by atoms with van der Waals surface area (Å²) >= 11 is 0. The second-order valence-electron chi connectivity index (χ2n) is 5.85. The summed E-state index contributed by atoms with van der Waals surface area (Å²) in [5.41, 5.74) is 2.09. The van der Waals surface area contributed by atoms with Gasteiger partial charge in [0.05, 0.1) is 6.54 Å². The molecule has 1 aliphatic rings. The third kappa shape index (κ3) is 4.66. The molecule has 3 N–H and O–H groups in total. The van der Waals surface area contributed by atoms with Crippen LogP contribution in [0.2, 0.25) is 0 Å². The summed E-state index contributed by atoms with van der Waals surface area (Å²) in [5, 5.41) is 11.6. The van der Waals surface area contributed by atoms with Gasteiger partial charge in [-0.05, 0) is 23.6 Å². The van der Waals surface area contributed by atoms with E-state index in [2.05, 4.69) is 21.0 Å². The number of amides is 4. The van der Waals surface area contributed by atoms with Crippen LogP contribution >= 0.6 is 0 Å². The van der Waals surface area contributed by atoms with Crippen molar-refractivity contribution in [1.29, 1.82) is 0 Å². The van der Waals surface area contributed by atoms with E-state index in [1.807, 2.05) is 41.2 Å². The molecule has 1 fully saturated rings. The fraction of sp³-hybridized carbons (Fsp3) is 0.294. The van der Waals surface area contributed by atoms with Crippen LogP contribution in [0.4, 0.5) is 4.79 Å². The van der Waals surface area contributed by atoms with Gasteiger partial charge in [-0.25, -0.2) is 4.79 Å². The van der Waals surface area contributed by atoms with Gasteiger partial charge >= 0.3 is 6.03 Å². The number of benzene rings is 1. The molecule has 4 amide bonds. The van der Waals surface area contributed by atoms with Gasteiger partial charge in [0.25, 0.3) is 5.91 Å². The summed E-state index contributed by atoms with van der Waals surface area (Å²) < 4.78 is 1.83. The number of nitrogens with one attached hydrogen (secondary N) is 3. The van der Waals surface area contributed by atoms with E-state index in [1.165, 1.54) is 0 Å². The van der Waals surface area contributed by atoms with Crippen LogP contribution in [-0.4, -0.2) is 33.7 Å². The maximum absolute atomic E-state index is 11.9. The summed E-state index contributed by atoms with van der Waals surface area (Å²) in [4.78, 5) is 34.4. The molecule has 0 saturated carbocycles. The Morgan fingerprint density at radius 3 is 2.80 bits per heavy atom. The zero-order chi connectivity index (χ0) is 17.6. The Bertz CT molecular complexity index is 772. The summed E-state index contributed by atoms with van der Waals surface area (Å²) in [6.45, 7) is 1.08. The quantitative estimate of drug-likeness (QED) is 0.639. The lowest BCUT2D eigenvalue weighted by Crippen LogP contribution is -2.31. The molecule has 1 atom stereocenters. The zero-order valence-corrected chi connectivity index (χ0v) is 13.6. The van der Waals surface area contributed by atoms with Gasteiger partial charge in [0.2, 0.25) is 5.91 Å². The Kier molecular flexibility index (Phi) is 5.08. The van der Waals surface area contributed by atoms with Gasteiger partial charge in [0.1, 0.15) is 6.04 Å². The molecular weight excluding hydrogens is 322 g/mol. The third-order valence-corrected chi connectivity index (χ3v) is 3.90. The van der Waals surface area contributed by atoms with Crippen LogP contribution in [-0.2, 0) is 22.7 Å². The van der Waals surface area contributed by atoms with E-state index in [4.69, 9.17) is 0 Å². The van der Waals surface area contributed by atoms with Crippen molar-refractivity contribution in [1.82, 2.24) is 25.7 Å². The zero-order valence-electron chi connectivity index (χ0n) is 13.6. The average Bonchev–Trinajstić information content (AvgIpc) is 3.20. The number of hydrogen-bond acceptors (Lipinski definition) is 4. The molecule has 0 radical (unpaired) electrons. The number of carbonyl (C=O) groups is 3. The number of carbonyl (C=O) groups excluding carboxylic acids is 3. The molecular formula is C17H19N5O3. The van der Waals surface area contributed by atoms with Crippen molar-refractivity contribution in [2.75, 3.05) is 0 Å². The molecule has 0 aliphatic carbocycles. The summed E-state index contributed by atoms with van der Waals surface area (Å²) in [6, 6.07) is 8.65. The first kappa shape index (κ1) is 16.7. The van der Waals surface area contributed by atoms with Crippen LogP contribution in [0.15, 0.2) is 42.7 Å². The van der Waals surface area contributed by atoms with Crippen LogP contribution in [0.3, 0.4) is 0 Å². The Hall–Kier alpha value is -3.16. The highest BCUT2D eigenvalue weighted by atomic mass is 16.2. The third-order valence-electron chi connectivity index (χ3n) is 3.90. The number of nitrogens with zero attached hydrogens (tertiary/aromatic N) is 2.